The van der Waals surface area contributed by atoms with Crippen molar-refractivity contribution >= 4 is 35.0 Å². The van der Waals surface area contributed by atoms with Gasteiger partial charge in [0.2, 0.25) is 11.8 Å². The smallest absolute Gasteiger partial charge is 0.242 e. The molecule has 0 spiro atoms. The molecule has 31 heavy (non-hydrogen) atoms. The number of halogens is 2. The first-order chi connectivity index (χ1) is 14.9. The Hall–Kier alpha value is -2.24. The number of rotatable bonds is 11. The maximum absolute atomic E-state index is 13.3. The summed E-state index contributed by atoms with van der Waals surface area (Å²) in [7, 11) is 1.60. The molecular formula is C24H30Cl2N2O3. The molecule has 168 valence electrons. The highest BCUT2D eigenvalue weighted by molar-refractivity contribution is 6.42. The molecule has 0 bridgehead atoms. The number of hydrogen-bond donors (Lipinski definition) is 1. The van der Waals surface area contributed by atoms with Gasteiger partial charge in [0.1, 0.15) is 11.8 Å². The molecule has 0 aromatic heterocycles. The standard InChI is InChI=1S/C24H30Cl2N2O3/c1-4-6-12-27-24(30)22(5-2)28(16-18-8-7-9-19(13-18)31-3)23(29)15-17-10-11-20(25)21(26)14-17/h7-11,13-14,22H,4-6,12,15-16H2,1-3H3,(H,27,30). The van der Waals surface area contributed by atoms with E-state index in [0.717, 1.165) is 24.0 Å². The zero-order chi connectivity index (χ0) is 22.8. The van der Waals surface area contributed by atoms with E-state index in [1.54, 1.807) is 30.2 Å². The van der Waals surface area contributed by atoms with Gasteiger partial charge in [0.15, 0.2) is 0 Å². The first-order valence-electron chi connectivity index (χ1n) is 10.5. The normalized spacial score (nSPS) is 11.6. The maximum atomic E-state index is 13.3. The van der Waals surface area contributed by atoms with E-state index in [4.69, 9.17) is 27.9 Å². The molecule has 0 heterocycles. The zero-order valence-corrected chi connectivity index (χ0v) is 19.8. The van der Waals surface area contributed by atoms with Gasteiger partial charge in [-0.2, -0.15) is 0 Å². The predicted molar refractivity (Wildman–Crippen MR) is 126 cm³/mol. The van der Waals surface area contributed by atoms with Crippen molar-refractivity contribution < 1.29 is 14.3 Å². The van der Waals surface area contributed by atoms with Crippen LogP contribution < -0.4 is 10.1 Å². The fourth-order valence-corrected chi connectivity index (χ4v) is 3.64. The van der Waals surface area contributed by atoms with Gasteiger partial charge in [-0.25, -0.2) is 0 Å². The topological polar surface area (TPSA) is 58.6 Å². The minimum absolute atomic E-state index is 0.125. The van der Waals surface area contributed by atoms with Gasteiger partial charge >= 0.3 is 0 Å². The Morgan fingerprint density at radius 1 is 1.06 bits per heavy atom. The average Bonchev–Trinajstić information content (AvgIpc) is 2.76. The van der Waals surface area contributed by atoms with Gasteiger partial charge < -0.3 is 15.0 Å². The largest absolute Gasteiger partial charge is 0.497 e. The number of amides is 2. The highest BCUT2D eigenvalue weighted by Gasteiger charge is 2.28. The molecule has 1 atom stereocenters. The van der Waals surface area contributed by atoms with Crippen molar-refractivity contribution in [2.45, 2.75) is 52.1 Å². The number of ether oxygens (including phenoxy) is 1. The number of hydrogen-bond acceptors (Lipinski definition) is 3. The lowest BCUT2D eigenvalue weighted by Crippen LogP contribution is -2.49. The molecule has 0 fully saturated rings. The van der Waals surface area contributed by atoms with Crippen molar-refractivity contribution in [3.63, 3.8) is 0 Å². The van der Waals surface area contributed by atoms with Crippen molar-refractivity contribution in [3.8, 4) is 5.75 Å². The summed E-state index contributed by atoms with van der Waals surface area (Å²) >= 11 is 12.1. The fourth-order valence-electron chi connectivity index (χ4n) is 3.32. The third-order valence-electron chi connectivity index (χ3n) is 5.04. The van der Waals surface area contributed by atoms with Crippen LogP contribution >= 0.6 is 23.2 Å². The molecule has 1 N–H and O–H groups in total. The minimum atomic E-state index is -0.571. The summed E-state index contributed by atoms with van der Waals surface area (Å²) in [4.78, 5) is 27.9. The highest BCUT2D eigenvalue weighted by atomic mass is 35.5. The van der Waals surface area contributed by atoms with Gasteiger partial charge in [-0.15, -0.1) is 0 Å². The van der Waals surface area contributed by atoms with Crippen LogP contribution in [0.4, 0.5) is 0 Å². The molecule has 2 amide bonds. The second-order valence-corrected chi connectivity index (χ2v) is 8.18. The number of nitrogens with zero attached hydrogens (tertiary/aromatic N) is 1. The van der Waals surface area contributed by atoms with E-state index in [9.17, 15) is 9.59 Å². The lowest BCUT2D eigenvalue weighted by atomic mass is 10.1. The van der Waals surface area contributed by atoms with Crippen LogP contribution in [0.5, 0.6) is 5.75 Å². The summed E-state index contributed by atoms with van der Waals surface area (Å²) in [5.74, 6) is 0.412. The minimum Gasteiger partial charge on any atom is -0.497 e. The molecule has 0 saturated carbocycles. The van der Waals surface area contributed by atoms with Gasteiger partial charge in [0.25, 0.3) is 0 Å². The number of methoxy groups -OCH3 is 1. The molecule has 5 nitrogen and oxygen atoms in total. The fraction of sp³-hybridized carbons (Fsp3) is 0.417. The Kier molecular flexibility index (Phi) is 10.2. The third kappa shape index (κ3) is 7.44. The summed E-state index contributed by atoms with van der Waals surface area (Å²) in [6.07, 6.45) is 2.52. The first-order valence-corrected chi connectivity index (χ1v) is 11.3. The van der Waals surface area contributed by atoms with Gasteiger partial charge in [-0.05, 0) is 48.2 Å². The zero-order valence-electron chi connectivity index (χ0n) is 18.3. The van der Waals surface area contributed by atoms with Crippen LogP contribution in [0, 0.1) is 0 Å². The van der Waals surface area contributed by atoms with E-state index < -0.39 is 6.04 Å². The molecule has 0 aliphatic carbocycles. The van der Waals surface area contributed by atoms with Gasteiger partial charge in [0.05, 0.1) is 23.6 Å². The average molecular weight is 465 g/mol. The lowest BCUT2D eigenvalue weighted by molar-refractivity contribution is -0.140. The van der Waals surface area contributed by atoms with E-state index in [-0.39, 0.29) is 18.2 Å². The van der Waals surface area contributed by atoms with Crippen LogP contribution in [0.25, 0.3) is 0 Å². The number of carbonyl (C=O) groups excluding carboxylic acids is 2. The Labute approximate surface area is 194 Å². The van der Waals surface area contributed by atoms with Gasteiger partial charge in [-0.1, -0.05) is 61.7 Å². The Morgan fingerprint density at radius 2 is 1.84 bits per heavy atom. The first kappa shape index (κ1) is 25.0. The van der Waals surface area contributed by atoms with Crippen molar-refractivity contribution in [1.29, 1.82) is 0 Å². The van der Waals surface area contributed by atoms with Crippen LogP contribution in [-0.2, 0) is 22.6 Å². The Bertz CT molecular complexity index is 889. The predicted octanol–water partition coefficient (Wildman–Crippen LogP) is 5.27. The molecule has 2 aromatic carbocycles. The number of unbranched alkanes of at least 4 members (excludes halogenated alkanes) is 1. The lowest BCUT2D eigenvalue weighted by Gasteiger charge is -2.31. The summed E-state index contributed by atoms with van der Waals surface area (Å²) in [5, 5.41) is 3.80. The second-order valence-electron chi connectivity index (χ2n) is 7.37. The van der Waals surface area contributed by atoms with Gasteiger partial charge in [0, 0.05) is 13.1 Å². The molecular weight excluding hydrogens is 435 g/mol. The molecule has 2 aromatic rings. The Balaban J connectivity index is 2.28. The highest BCUT2D eigenvalue weighted by Crippen LogP contribution is 2.24. The molecule has 1 unspecified atom stereocenters. The van der Waals surface area contributed by atoms with Crippen LogP contribution in [0.3, 0.4) is 0 Å². The van der Waals surface area contributed by atoms with Crippen molar-refractivity contribution in [2.24, 2.45) is 0 Å². The maximum Gasteiger partial charge on any atom is 0.242 e. The summed E-state index contributed by atoms with van der Waals surface area (Å²) in [5.41, 5.74) is 1.64. The summed E-state index contributed by atoms with van der Waals surface area (Å²) in [6.45, 7) is 4.88. The van der Waals surface area contributed by atoms with Gasteiger partial charge in [-0.3, -0.25) is 9.59 Å². The SMILES string of the molecule is CCCCNC(=O)C(CC)N(Cc1cccc(OC)c1)C(=O)Cc1ccc(Cl)c(Cl)c1. The van der Waals surface area contributed by atoms with Crippen LogP contribution in [-0.4, -0.2) is 36.4 Å². The number of benzene rings is 2. The summed E-state index contributed by atoms with van der Waals surface area (Å²) in [6, 6.07) is 12.1. The van der Waals surface area contributed by atoms with E-state index >= 15 is 0 Å². The number of carbonyl (C=O) groups is 2. The van der Waals surface area contributed by atoms with E-state index in [0.29, 0.717) is 35.3 Å². The molecule has 2 rings (SSSR count). The second kappa shape index (κ2) is 12.6. The van der Waals surface area contributed by atoms with Crippen LogP contribution in [0.15, 0.2) is 42.5 Å². The van der Waals surface area contributed by atoms with Crippen molar-refractivity contribution in [3.05, 3.63) is 63.6 Å². The molecule has 0 aliphatic rings. The van der Waals surface area contributed by atoms with Crippen molar-refractivity contribution in [2.75, 3.05) is 13.7 Å². The third-order valence-corrected chi connectivity index (χ3v) is 5.78. The Morgan fingerprint density at radius 3 is 2.48 bits per heavy atom. The quantitative estimate of drug-likeness (QED) is 0.460. The molecule has 7 heteroatoms. The molecule has 0 aliphatic heterocycles. The van der Waals surface area contributed by atoms with E-state index in [1.165, 1.54) is 0 Å². The van der Waals surface area contributed by atoms with Crippen molar-refractivity contribution in [1.82, 2.24) is 10.2 Å². The molecule has 0 radical (unpaired) electrons. The van der Waals surface area contributed by atoms with E-state index in [2.05, 4.69) is 12.2 Å². The molecule has 0 saturated heterocycles. The van der Waals surface area contributed by atoms with Crippen LogP contribution in [0.1, 0.15) is 44.2 Å². The monoisotopic (exact) mass is 464 g/mol. The number of nitrogens with one attached hydrogen (secondary N) is 1. The van der Waals surface area contributed by atoms with E-state index in [1.807, 2.05) is 31.2 Å². The summed E-state index contributed by atoms with van der Waals surface area (Å²) < 4.78 is 5.31. The van der Waals surface area contributed by atoms with Crippen LogP contribution in [0.2, 0.25) is 10.0 Å².